The minimum Gasteiger partial charge on any atom is -0.377 e. The summed E-state index contributed by atoms with van der Waals surface area (Å²) in [6, 6.07) is 0. The summed E-state index contributed by atoms with van der Waals surface area (Å²) in [5.74, 6) is -0.0148. The molecule has 0 aliphatic carbocycles. The lowest BCUT2D eigenvalue weighted by atomic mass is 10.2. The molecule has 0 spiro atoms. The van der Waals surface area contributed by atoms with Crippen LogP contribution in [0.2, 0.25) is 0 Å². The monoisotopic (exact) mass is 251 g/mol. The summed E-state index contributed by atoms with van der Waals surface area (Å²) in [5.41, 5.74) is 0. The van der Waals surface area contributed by atoms with Gasteiger partial charge in [-0.2, -0.15) is 0 Å². The van der Waals surface area contributed by atoms with Crippen molar-refractivity contribution in [3.8, 4) is 0 Å². The fraction of sp³-hybridized carbons (Fsp3) is 0.889. The van der Waals surface area contributed by atoms with Gasteiger partial charge in [0.15, 0.2) is 0 Å². The first-order valence-electron chi connectivity index (χ1n) is 4.46. The van der Waals surface area contributed by atoms with E-state index in [-0.39, 0.29) is 12.0 Å². The van der Waals surface area contributed by atoms with Crippen LogP contribution in [0.15, 0.2) is 0 Å². The lowest BCUT2D eigenvalue weighted by Crippen LogP contribution is -2.41. The van der Waals surface area contributed by atoms with Crippen LogP contribution in [0.4, 0.5) is 0 Å². The average molecular weight is 252 g/mol. The van der Waals surface area contributed by atoms with Crippen LogP contribution in [0.1, 0.15) is 27.7 Å². The molecule has 3 nitrogen and oxygen atoms in total. The van der Waals surface area contributed by atoms with Crippen molar-refractivity contribution in [3.63, 3.8) is 0 Å². The van der Waals surface area contributed by atoms with Crippen LogP contribution in [-0.2, 0) is 9.53 Å². The van der Waals surface area contributed by atoms with Gasteiger partial charge in [0.05, 0.1) is 10.4 Å². The number of amides is 1. The second-order valence-corrected chi connectivity index (χ2v) is 5.43. The number of carbonyl (C=O) groups excluding carboxylic acids is 1. The molecule has 0 bridgehead atoms. The highest BCUT2D eigenvalue weighted by atomic mass is 79.9. The van der Waals surface area contributed by atoms with Gasteiger partial charge in [-0.25, -0.2) is 0 Å². The molecule has 0 aromatic rings. The fourth-order valence-corrected chi connectivity index (χ4v) is 0.930. The lowest BCUT2D eigenvalue weighted by molar-refractivity contribution is -0.123. The van der Waals surface area contributed by atoms with Gasteiger partial charge in [0, 0.05) is 13.2 Å². The number of nitrogens with one attached hydrogen (secondary N) is 1. The maximum absolute atomic E-state index is 11.4. The molecule has 0 saturated carbocycles. The Morgan fingerprint density at radius 3 is 2.54 bits per heavy atom. The summed E-state index contributed by atoms with van der Waals surface area (Å²) in [6.07, 6.45) is 0.0730. The molecule has 0 aromatic carbocycles. The quantitative estimate of drug-likeness (QED) is 0.756. The summed E-state index contributed by atoms with van der Waals surface area (Å²) >= 11 is 3.28. The highest BCUT2D eigenvalue weighted by molar-refractivity contribution is 9.10. The Kier molecular flexibility index (Phi) is 5.56. The van der Waals surface area contributed by atoms with Crippen LogP contribution in [-0.4, -0.2) is 29.5 Å². The number of halogens is 1. The fourth-order valence-electron chi connectivity index (χ4n) is 0.790. The van der Waals surface area contributed by atoms with Crippen LogP contribution >= 0.6 is 15.9 Å². The Bertz CT molecular complexity index is 165. The van der Waals surface area contributed by atoms with Gasteiger partial charge in [0.25, 0.3) is 0 Å². The van der Waals surface area contributed by atoms with Crippen LogP contribution in [0.25, 0.3) is 0 Å². The number of rotatable bonds is 5. The predicted octanol–water partition coefficient (Wildman–Crippen LogP) is 1.70. The molecule has 0 aliphatic heterocycles. The van der Waals surface area contributed by atoms with Crippen molar-refractivity contribution in [3.05, 3.63) is 0 Å². The highest BCUT2D eigenvalue weighted by Crippen LogP contribution is 2.15. The van der Waals surface area contributed by atoms with E-state index in [2.05, 4.69) is 21.2 Å². The third kappa shape index (κ3) is 6.05. The first-order valence-corrected chi connectivity index (χ1v) is 5.26. The molecule has 13 heavy (non-hydrogen) atoms. The Morgan fingerprint density at radius 1 is 1.62 bits per heavy atom. The molecule has 1 unspecified atom stereocenters. The second-order valence-electron chi connectivity index (χ2n) is 3.45. The zero-order chi connectivity index (χ0) is 10.5. The molecule has 0 radical (unpaired) electrons. The smallest absolute Gasteiger partial charge is 0.236 e. The van der Waals surface area contributed by atoms with E-state index < -0.39 is 4.32 Å². The minimum atomic E-state index is -0.501. The highest BCUT2D eigenvalue weighted by Gasteiger charge is 2.23. The van der Waals surface area contributed by atoms with E-state index in [9.17, 15) is 4.79 Å². The largest absolute Gasteiger partial charge is 0.377 e. The Labute approximate surface area is 88.4 Å². The van der Waals surface area contributed by atoms with Gasteiger partial charge < -0.3 is 10.1 Å². The molecular weight excluding hydrogens is 234 g/mol. The van der Waals surface area contributed by atoms with E-state index >= 15 is 0 Å². The molecule has 0 fully saturated rings. The number of hydrogen-bond acceptors (Lipinski definition) is 2. The first-order chi connectivity index (χ1) is 5.88. The Hall–Kier alpha value is -0.0900. The molecule has 0 aliphatic rings. The Balaban J connectivity index is 3.71. The van der Waals surface area contributed by atoms with Gasteiger partial charge in [-0.1, -0.05) is 15.9 Å². The summed E-state index contributed by atoms with van der Waals surface area (Å²) in [4.78, 5) is 11.4. The van der Waals surface area contributed by atoms with E-state index in [4.69, 9.17) is 4.74 Å². The van der Waals surface area contributed by atoms with Crippen molar-refractivity contribution in [1.82, 2.24) is 5.32 Å². The maximum atomic E-state index is 11.4. The number of ether oxygens (including phenoxy) is 1. The number of alkyl halides is 1. The summed E-state index contributed by atoms with van der Waals surface area (Å²) in [7, 11) is 0. The zero-order valence-corrected chi connectivity index (χ0v) is 10.3. The molecule has 0 saturated heterocycles. The van der Waals surface area contributed by atoms with E-state index in [1.165, 1.54) is 0 Å². The molecule has 1 amide bonds. The van der Waals surface area contributed by atoms with Crippen LogP contribution in [0.3, 0.4) is 0 Å². The topological polar surface area (TPSA) is 38.3 Å². The molecule has 78 valence electrons. The number of hydrogen-bond donors (Lipinski definition) is 1. The van der Waals surface area contributed by atoms with Crippen LogP contribution in [0.5, 0.6) is 0 Å². The second kappa shape index (κ2) is 5.60. The predicted molar refractivity (Wildman–Crippen MR) is 57.1 cm³/mol. The van der Waals surface area contributed by atoms with Gasteiger partial charge in [0.2, 0.25) is 5.91 Å². The first kappa shape index (κ1) is 12.9. The average Bonchev–Trinajstić information content (AvgIpc) is 1.99. The maximum Gasteiger partial charge on any atom is 0.236 e. The van der Waals surface area contributed by atoms with E-state index in [1.54, 1.807) is 0 Å². The van der Waals surface area contributed by atoms with E-state index in [0.717, 1.165) is 0 Å². The molecule has 1 atom stereocenters. The van der Waals surface area contributed by atoms with Crippen molar-refractivity contribution < 1.29 is 9.53 Å². The van der Waals surface area contributed by atoms with Crippen molar-refractivity contribution in [2.24, 2.45) is 0 Å². The van der Waals surface area contributed by atoms with Gasteiger partial charge in [-0.15, -0.1) is 0 Å². The van der Waals surface area contributed by atoms with E-state index in [1.807, 2.05) is 27.7 Å². The summed E-state index contributed by atoms with van der Waals surface area (Å²) in [6.45, 7) is 8.73. The third-order valence-electron chi connectivity index (χ3n) is 1.54. The third-order valence-corrected chi connectivity index (χ3v) is 1.90. The normalized spacial score (nSPS) is 13.9. The summed E-state index contributed by atoms with van der Waals surface area (Å²) < 4.78 is 4.77. The molecule has 4 heteroatoms. The molecule has 0 aromatic heterocycles. The minimum absolute atomic E-state index is 0.0148. The van der Waals surface area contributed by atoms with Crippen LogP contribution < -0.4 is 5.32 Å². The van der Waals surface area contributed by atoms with Gasteiger partial charge in [0.1, 0.15) is 0 Å². The zero-order valence-electron chi connectivity index (χ0n) is 8.69. The lowest BCUT2D eigenvalue weighted by Gasteiger charge is -2.18. The van der Waals surface area contributed by atoms with Crippen LogP contribution in [0, 0.1) is 0 Å². The summed E-state index contributed by atoms with van der Waals surface area (Å²) in [5, 5.41) is 2.80. The molecular formula is C9H18BrNO2. The molecule has 1 N–H and O–H groups in total. The van der Waals surface area contributed by atoms with E-state index in [0.29, 0.717) is 13.2 Å². The van der Waals surface area contributed by atoms with Crippen molar-refractivity contribution in [2.75, 3.05) is 13.2 Å². The van der Waals surface area contributed by atoms with Gasteiger partial charge in [-0.05, 0) is 27.7 Å². The van der Waals surface area contributed by atoms with Crippen molar-refractivity contribution >= 4 is 21.8 Å². The van der Waals surface area contributed by atoms with Gasteiger partial charge >= 0.3 is 0 Å². The van der Waals surface area contributed by atoms with Crippen molar-refractivity contribution in [1.29, 1.82) is 0 Å². The molecule has 0 rings (SSSR count). The number of carbonyl (C=O) groups is 1. The van der Waals surface area contributed by atoms with Gasteiger partial charge in [-0.3, -0.25) is 4.79 Å². The SMILES string of the molecule is CCOC(C)CNC(=O)C(C)(C)Br. The standard InChI is InChI=1S/C9H18BrNO2/c1-5-13-7(2)6-11-8(12)9(3,4)10/h7H,5-6H2,1-4H3,(H,11,12). The Morgan fingerprint density at radius 2 is 2.15 bits per heavy atom. The van der Waals surface area contributed by atoms with Crippen molar-refractivity contribution in [2.45, 2.75) is 38.1 Å². The molecule has 0 heterocycles.